The maximum absolute atomic E-state index is 13.0. The Morgan fingerprint density at radius 2 is 1.06 bits per heavy atom. The van der Waals surface area contributed by atoms with Crippen LogP contribution < -0.4 is 60.2 Å². The molecule has 0 saturated carbocycles. The van der Waals surface area contributed by atoms with Crippen LogP contribution in [0.2, 0.25) is 0 Å². The molecule has 0 aromatic rings. The number of nitrogens with two attached hydrogens (primary N) is 4. The molecular weight excluding hydrogens is 698 g/mol. The molecule has 0 spiro atoms. The number of carboxylic acid groups (broad SMARTS) is 1. The van der Waals surface area contributed by atoms with Crippen molar-refractivity contribution in [2.45, 2.75) is 81.7 Å². The van der Waals surface area contributed by atoms with Gasteiger partial charge in [0.1, 0.15) is 30.2 Å². The average Bonchev–Trinajstić information content (AvgIpc) is 3.07. The Kier molecular flexibility index (Phi) is 22.1. The first-order valence-electron chi connectivity index (χ1n) is 15.9. The van der Waals surface area contributed by atoms with E-state index < -0.39 is 135 Å². The zero-order valence-electron chi connectivity index (χ0n) is 28.5. The molecule has 24 nitrogen and oxygen atoms in total. The monoisotopic (exact) mass is 747 g/mol. The third-order valence-corrected chi connectivity index (χ3v) is 6.84. The lowest BCUT2D eigenvalue weighted by Crippen LogP contribution is -2.59. The normalized spacial score (nSPS) is 14.1. The molecule has 0 rings (SSSR count). The van der Waals surface area contributed by atoms with Crippen LogP contribution in [0.5, 0.6) is 0 Å². The van der Waals surface area contributed by atoms with Gasteiger partial charge in [0.15, 0.2) is 0 Å². The topological polar surface area (TPSA) is 420 Å². The first kappa shape index (κ1) is 46.5. The van der Waals surface area contributed by atoms with E-state index in [-0.39, 0.29) is 12.8 Å². The predicted octanol–water partition coefficient (Wildman–Crippen LogP) is -8.67. The molecule has 0 aliphatic rings. The fraction of sp³-hybridized carbons (Fsp3) is 0.643. The third-order valence-electron chi connectivity index (χ3n) is 6.84. The van der Waals surface area contributed by atoms with Crippen molar-refractivity contribution in [3.05, 3.63) is 0 Å². The summed E-state index contributed by atoms with van der Waals surface area (Å²) in [5.41, 5.74) is 21.1. The van der Waals surface area contributed by atoms with E-state index in [1.165, 1.54) is 6.92 Å². The van der Waals surface area contributed by atoms with Crippen molar-refractivity contribution in [1.29, 1.82) is 0 Å². The van der Waals surface area contributed by atoms with Crippen LogP contribution >= 0.6 is 0 Å². The zero-order valence-corrected chi connectivity index (χ0v) is 28.5. The molecule has 0 unspecified atom stereocenters. The van der Waals surface area contributed by atoms with Gasteiger partial charge in [-0.2, -0.15) is 0 Å². The Balaban J connectivity index is 5.34. The molecule has 0 aliphatic carbocycles. The summed E-state index contributed by atoms with van der Waals surface area (Å²) in [6.45, 7) is -1.82. The number of aliphatic hydroxyl groups excluding tert-OH is 2. The largest absolute Gasteiger partial charge is 0.480 e. The van der Waals surface area contributed by atoms with E-state index in [0.29, 0.717) is 19.4 Å². The summed E-state index contributed by atoms with van der Waals surface area (Å²) in [6.07, 6.45) is -0.495. The second kappa shape index (κ2) is 24.6. The van der Waals surface area contributed by atoms with Crippen molar-refractivity contribution in [2.24, 2.45) is 22.9 Å². The Morgan fingerprint density at radius 3 is 1.56 bits per heavy atom. The van der Waals surface area contributed by atoms with Crippen LogP contribution in [0, 0.1) is 0 Å². The first-order chi connectivity index (χ1) is 24.4. The van der Waals surface area contributed by atoms with Crippen molar-refractivity contribution in [3.8, 4) is 0 Å². The van der Waals surface area contributed by atoms with Crippen LogP contribution in [0.3, 0.4) is 0 Å². The molecule has 18 N–H and O–H groups in total. The molecule has 294 valence electrons. The van der Waals surface area contributed by atoms with Gasteiger partial charge in [-0.1, -0.05) is 0 Å². The van der Waals surface area contributed by atoms with Crippen LogP contribution in [0.25, 0.3) is 0 Å². The van der Waals surface area contributed by atoms with E-state index in [4.69, 9.17) is 28.0 Å². The van der Waals surface area contributed by atoms with Gasteiger partial charge < -0.3 is 75.5 Å². The standard InChI is InChI=1S/C28H49N11O13/c1-13(30)23(46)36-14(4-2-3-7-29)25(48)39-18(12-41)27(50)37-15(5-6-19(31)42)24(47)34-9-21(44)33-10-22(45)35-17(11-40)26(49)38-16(28(51)52)8-20(32)43/h13-18,40-41H,2-12,29-30H2,1H3,(H2,31,42)(H2,32,43)(H,33,44)(H,34,47)(H,35,45)(H,36,46)(H,37,50)(H,38,49)(H,39,48)(H,51,52)/t13-,14-,15-,16+,17-,18-/m0/s1. The van der Waals surface area contributed by atoms with Gasteiger partial charge in [0.25, 0.3) is 0 Å². The van der Waals surface area contributed by atoms with Crippen molar-refractivity contribution in [1.82, 2.24) is 37.2 Å². The van der Waals surface area contributed by atoms with E-state index >= 15 is 0 Å². The minimum Gasteiger partial charge on any atom is -0.480 e. The van der Waals surface area contributed by atoms with Gasteiger partial charge in [-0.25, -0.2) is 4.79 Å². The third kappa shape index (κ3) is 19.1. The minimum absolute atomic E-state index is 0.123. The van der Waals surface area contributed by atoms with Crippen LogP contribution in [0.1, 0.15) is 45.4 Å². The number of primary amides is 2. The molecular formula is C28H49N11O13. The number of carbonyl (C=O) groups excluding carboxylic acids is 9. The fourth-order valence-electron chi connectivity index (χ4n) is 4.00. The van der Waals surface area contributed by atoms with E-state index in [9.17, 15) is 58.2 Å². The first-order valence-corrected chi connectivity index (χ1v) is 15.9. The smallest absolute Gasteiger partial charge is 0.326 e. The highest BCUT2D eigenvalue weighted by Crippen LogP contribution is 2.04. The van der Waals surface area contributed by atoms with Gasteiger partial charge in [0, 0.05) is 6.42 Å². The highest BCUT2D eigenvalue weighted by atomic mass is 16.4. The Labute approximate surface area is 297 Å². The number of hydrogen-bond donors (Lipinski definition) is 14. The van der Waals surface area contributed by atoms with Gasteiger partial charge in [-0.3, -0.25) is 43.2 Å². The number of unbranched alkanes of at least 4 members (excludes halogenated alkanes) is 1. The molecule has 0 heterocycles. The lowest BCUT2D eigenvalue weighted by atomic mass is 10.1. The van der Waals surface area contributed by atoms with Crippen LogP contribution in [0.15, 0.2) is 0 Å². The fourth-order valence-corrected chi connectivity index (χ4v) is 4.00. The maximum Gasteiger partial charge on any atom is 0.326 e. The molecule has 0 aromatic heterocycles. The SMILES string of the molecule is C[C@H](N)C(=O)N[C@@H](CCCCN)C(=O)N[C@@H](CO)C(=O)N[C@@H](CCC(N)=O)C(=O)NCC(=O)NCC(=O)N[C@@H](CO)C(=O)N[C@H](CC(N)=O)C(=O)O. The maximum atomic E-state index is 13.0. The highest BCUT2D eigenvalue weighted by Gasteiger charge is 2.31. The van der Waals surface area contributed by atoms with E-state index in [2.05, 4.69) is 26.6 Å². The number of hydrogen-bond acceptors (Lipinski definition) is 14. The molecule has 0 radical (unpaired) electrons. The molecule has 0 aromatic carbocycles. The average molecular weight is 748 g/mol. The van der Waals surface area contributed by atoms with Crippen LogP contribution in [0.4, 0.5) is 0 Å². The van der Waals surface area contributed by atoms with Crippen molar-refractivity contribution in [2.75, 3.05) is 32.8 Å². The lowest BCUT2D eigenvalue weighted by Gasteiger charge is -2.24. The van der Waals surface area contributed by atoms with Gasteiger partial charge in [0.2, 0.25) is 53.2 Å². The van der Waals surface area contributed by atoms with Crippen molar-refractivity contribution >= 4 is 59.1 Å². The number of rotatable bonds is 26. The molecule has 9 amide bonds. The van der Waals surface area contributed by atoms with Gasteiger partial charge in [-0.15, -0.1) is 0 Å². The van der Waals surface area contributed by atoms with E-state index in [1.54, 1.807) is 0 Å². The number of nitrogens with one attached hydrogen (secondary N) is 7. The van der Waals surface area contributed by atoms with Crippen LogP contribution in [-0.4, -0.2) is 144 Å². The molecule has 24 heteroatoms. The van der Waals surface area contributed by atoms with Crippen molar-refractivity contribution in [3.63, 3.8) is 0 Å². The summed E-state index contributed by atoms with van der Waals surface area (Å²) in [5.74, 6) is -10.3. The number of amides is 9. The number of aliphatic carboxylic acids is 1. The second-order valence-corrected chi connectivity index (χ2v) is 11.3. The second-order valence-electron chi connectivity index (χ2n) is 11.3. The Bertz CT molecular complexity index is 1300. The molecule has 0 aliphatic heterocycles. The molecule has 6 atom stereocenters. The van der Waals surface area contributed by atoms with Gasteiger partial charge in [0.05, 0.1) is 38.8 Å². The molecule has 0 saturated heterocycles. The number of carboxylic acids is 1. The van der Waals surface area contributed by atoms with Crippen molar-refractivity contribution < 1.29 is 63.3 Å². The van der Waals surface area contributed by atoms with E-state index in [0.717, 1.165) is 0 Å². The van der Waals surface area contributed by atoms with Crippen LogP contribution in [-0.2, 0) is 47.9 Å². The quantitative estimate of drug-likeness (QED) is 0.0365. The minimum atomic E-state index is -1.74. The molecule has 0 fully saturated rings. The number of aliphatic hydroxyl groups is 2. The Morgan fingerprint density at radius 1 is 0.577 bits per heavy atom. The summed E-state index contributed by atoms with van der Waals surface area (Å²) < 4.78 is 0. The molecule has 52 heavy (non-hydrogen) atoms. The summed E-state index contributed by atoms with van der Waals surface area (Å²) in [7, 11) is 0. The lowest BCUT2D eigenvalue weighted by molar-refractivity contribution is -0.144. The predicted molar refractivity (Wildman–Crippen MR) is 176 cm³/mol. The Hall–Kier alpha value is -5.46. The van der Waals surface area contributed by atoms with E-state index in [1.807, 2.05) is 10.6 Å². The number of carbonyl (C=O) groups is 10. The van der Waals surface area contributed by atoms with Gasteiger partial charge in [-0.05, 0) is 39.2 Å². The summed E-state index contributed by atoms with van der Waals surface area (Å²) in [6, 6.07) is -8.69. The highest BCUT2D eigenvalue weighted by molar-refractivity contribution is 5.96. The van der Waals surface area contributed by atoms with Gasteiger partial charge >= 0.3 is 5.97 Å². The zero-order chi connectivity index (χ0) is 40.0. The molecule has 0 bridgehead atoms. The summed E-state index contributed by atoms with van der Waals surface area (Å²) in [4.78, 5) is 121. The summed E-state index contributed by atoms with van der Waals surface area (Å²) >= 11 is 0. The summed E-state index contributed by atoms with van der Waals surface area (Å²) in [5, 5.41) is 43.5.